The maximum atomic E-state index is 5.39. The molecule has 0 aliphatic heterocycles. The number of aromatic nitrogens is 3. The van der Waals surface area contributed by atoms with Crippen molar-refractivity contribution in [3.63, 3.8) is 0 Å². The zero-order chi connectivity index (χ0) is 8.93. The molecule has 4 heteroatoms. The largest absolute Gasteiger partial charge is 0.452 e. The fourth-order valence-electron chi connectivity index (χ4n) is 0.882. The van der Waals surface area contributed by atoms with Crippen molar-refractivity contribution in [2.45, 2.75) is 0 Å². The van der Waals surface area contributed by atoms with Gasteiger partial charge in [-0.2, -0.15) is 0 Å². The first kappa shape index (κ1) is 7.67. The monoisotopic (exact) mass is 173 g/mol. The van der Waals surface area contributed by atoms with Crippen LogP contribution < -0.4 is 4.74 Å². The Morgan fingerprint density at radius 3 is 2.38 bits per heavy atom. The second kappa shape index (κ2) is 3.62. The first-order chi connectivity index (χ1) is 6.45. The maximum Gasteiger partial charge on any atom is 0.164 e. The number of hydrogen-bond donors (Lipinski definition) is 0. The molecule has 0 bridgehead atoms. The van der Waals surface area contributed by atoms with E-state index in [0.717, 1.165) is 0 Å². The molecule has 2 rings (SSSR count). The van der Waals surface area contributed by atoms with Crippen molar-refractivity contribution >= 4 is 0 Å². The summed E-state index contributed by atoms with van der Waals surface area (Å²) >= 11 is 0. The van der Waals surface area contributed by atoms with Crippen molar-refractivity contribution < 1.29 is 4.74 Å². The van der Waals surface area contributed by atoms with Gasteiger partial charge >= 0.3 is 0 Å². The third kappa shape index (κ3) is 1.99. The third-order valence-corrected chi connectivity index (χ3v) is 1.41. The average molecular weight is 173 g/mol. The Hall–Kier alpha value is -1.97. The Kier molecular flexibility index (Phi) is 2.14. The van der Waals surface area contributed by atoms with Gasteiger partial charge in [-0.15, -0.1) is 0 Å². The summed E-state index contributed by atoms with van der Waals surface area (Å²) in [5, 5.41) is 0. The minimum atomic E-state index is 0.607. The fourth-order valence-corrected chi connectivity index (χ4v) is 0.882. The van der Waals surface area contributed by atoms with Crippen LogP contribution in [0, 0.1) is 0 Å². The maximum absolute atomic E-state index is 5.39. The van der Waals surface area contributed by atoms with Gasteiger partial charge in [0.15, 0.2) is 5.75 Å². The number of rotatable bonds is 2. The van der Waals surface area contributed by atoms with E-state index >= 15 is 0 Å². The first-order valence-corrected chi connectivity index (χ1v) is 3.78. The van der Waals surface area contributed by atoms with Gasteiger partial charge in [-0.3, -0.25) is 4.98 Å². The van der Waals surface area contributed by atoms with Crippen LogP contribution in [0.5, 0.6) is 11.5 Å². The molecule has 0 radical (unpaired) electrons. The Balaban J connectivity index is 2.16. The average Bonchev–Trinajstić information content (AvgIpc) is 2.21. The molecule has 2 heterocycles. The van der Waals surface area contributed by atoms with E-state index in [1.54, 1.807) is 30.9 Å². The normalized spacial score (nSPS) is 9.54. The number of pyridine rings is 1. The topological polar surface area (TPSA) is 47.9 Å². The lowest BCUT2D eigenvalue weighted by molar-refractivity contribution is 0.475. The quantitative estimate of drug-likeness (QED) is 0.693. The standard InChI is InChI=1S/C9H7N3O/c1-2-8(4-10-3-1)13-9-5-11-7-12-6-9/h1-7H. The van der Waals surface area contributed by atoms with E-state index in [1.807, 2.05) is 6.07 Å². The van der Waals surface area contributed by atoms with Crippen molar-refractivity contribution in [2.24, 2.45) is 0 Å². The summed E-state index contributed by atoms with van der Waals surface area (Å²) in [6.45, 7) is 0. The summed E-state index contributed by atoms with van der Waals surface area (Å²) in [5.74, 6) is 1.28. The summed E-state index contributed by atoms with van der Waals surface area (Å²) < 4.78 is 5.39. The second-order valence-corrected chi connectivity index (χ2v) is 2.36. The van der Waals surface area contributed by atoms with Crippen LogP contribution in [0.15, 0.2) is 43.2 Å². The summed E-state index contributed by atoms with van der Waals surface area (Å²) in [6.07, 6.45) is 7.97. The highest BCUT2D eigenvalue weighted by atomic mass is 16.5. The minimum absolute atomic E-state index is 0.607. The molecule has 0 N–H and O–H groups in total. The van der Waals surface area contributed by atoms with Crippen LogP contribution in [0.1, 0.15) is 0 Å². The van der Waals surface area contributed by atoms with E-state index in [4.69, 9.17) is 4.74 Å². The van der Waals surface area contributed by atoms with Crippen LogP contribution in [0.3, 0.4) is 0 Å². The molecule has 0 aliphatic carbocycles. The molecule has 0 amide bonds. The summed E-state index contributed by atoms with van der Waals surface area (Å²) in [5.41, 5.74) is 0. The lowest BCUT2D eigenvalue weighted by Gasteiger charge is -2.01. The Morgan fingerprint density at radius 1 is 0.923 bits per heavy atom. The van der Waals surface area contributed by atoms with Gasteiger partial charge in [0, 0.05) is 6.20 Å². The van der Waals surface area contributed by atoms with Crippen LogP contribution in [-0.4, -0.2) is 15.0 Å². The van der Waals surface area contributed by atoms with Gasteiger partial charge in [-0.1, -0.05) is 0 Å². The Morgan fingerprint density at radius 2 is 1.69 bits per heavy atom. The van der Waals surface area contributed by atoms with E-state index in [2.05, 4.69) is 15.0 Å². The Labute approximate surface area is 75.3 Å². The molecule has 64 valence electrons. The molecule has 2 aromatic rings. The van der Waals surface area contributed by atoms with Crippen LogP contribution in [0.25, 0.3) is 0 Å². The van der Waals surface area contributed by atoms with Crippen LogP contribution >= 0.6 is 0 Å². The molecule has 0 aliphatic rings. The van der Waals surface area contributed by atoms with Crippen LogP contribution in [0.4, 0.5) is 0 Å². The number of ether oxygens (including phenoxy) is 1. The van der Waals surface area contributed by atoms with Crippen LogP contribution in [0.2, 0.25) is 0 Å². The molecule has 0 saturated carbocycles. The smallest absolute Gasteiger partial charge is 0.164 e. The van der Waals surface area contributed by atoms with Crippen molar-refractivity contribution in [3.8, 4) is 11.5 Å². The van der Waals surface area contributed by atoms with Crippen molar-refractivity contribution in [2.75, 3.05) is 0 Å². The first-order valence-electron chi connectivity index (χ1n) is 3.78. The molecule has 2 aromatic heterocycles. The van der Waals surface area contributed by atoms with E-state index in [0.29, 0.717) is 11.5 Å². The predicted molar refractivity (Wildman–Crippen MR) is 46.3 cm³/mol. The minimum Gasteiger partial charge on any atom is -0.452 e. The van der Waals surface area contributed by atoms with E-state index in [1.165, 1.54) is 6.33 Å². The molecule has 0 unspecified atom stereocenters. The van der Waals surface area contributed by atoms with Crippen molar-refractivity contribution in [3.05, 3.63) is 43.2 Å². The second-order valence-electron chi connectivity index (χ2n) is 2.36. The molecular weight excluding hydrogens is 166 g/mol. The highest BCUT2D eigenvalue weighted by molar-refractivity contribution is 5.23. The molecule has 0 atom stereocenters. The molecule has 0 fully saturated rings. The van der Waals surface area contributed by atoms with Crippen molar-refractivity contribution in [1.82, 2.24) is 15.0 Å². The third-order valence-electron chi connectivity index (χ3n) is 1.41. The summed E-state index contributed by atoms with van der Waals surface area (Å²) in [7, 11) is 0. The van der Waals surface area contributed by atoms with Gasteiger partial charge in [0.2, 0.25) is 0 Å². The highest BCUT2D eigenvalue weighted by Gasteiger charge is 1.94. The Bertz CT molecular complexity index is 326. The van der Waals surface area contributed by atoms with Gasteiger partial charge in [-0.05, 0) is 12.1 Å². The number of hydrogen-bond acceptors (Lipinski definition) is 4. The number of nitrogens with zero attached hydrogens (tertiary/aromatic N) is 3. The molecule has 13 heavy (non-hydrogen) atoms. The van der Waals surface area contributed by atoms with Gasteiger partial charge in [0.1, 0.15) is 12.1 Å². The summed E-state index contributed by atoms with van der Waals surface area (Å²) in [4.78, 5) is 11.6. The summed E-state index contributed by atoms with van der Waals surface area (Å²) in [6, 6.07) is 3.62. The van der Waals surface area contributed by atoms with E-state index in [-0.39, 0.29) is 0 Å². The fraction of sp³-hybridized carbons (Fsp3) is 0. The molecular formula is C9H7N3O. The molecule has 4 nitrogen and oxygen atoms in total. The van der Waals surface area contributed by atoms with Gasteiger partial charge in [-0.25, -0.2) is 9.97 Å². The zero-order valence-electron chi connectivity index (χ0n) is 6.79. The van der Waals surface area contributed by atoms with Gasteiger partial charge in [0.05, 0.1) is 18.6 Å². The molecule has 0 spiro atoms. The van der Waals surface area contributed by atoms with Gasteiger partial charge in [0.25, 0.3) is 0 Å². The van der Waals surface area contributed by atoms with Gasteiger partial charge < -0.3 is 4.74 Å². The lowest BCUT2D eigenvalue weighted by atomic mass is 10.4. The highest BCUT2D eigenvalue weighted by Crippen LogP contribution is 2.16. The molecule has 0 saturated heterocycles. The SMILES string of the molecule is c1cncc(Oc2cncnc2)c1. The zero-order valence-corrected chi connectivity index (χ0v) is 6.79. The van der Waals surface area contributed by atoms with Crippen LogP contribution in [-0.2, 0) is 0 Å². The van der Waals surface area contributed by atoms with Crippen molar-refractivity contribution in [1.29, 1.82) is 0 Å². The molecule has 0 aromatic carbocycles. The van der Waals surface area contributed by atoms with E-state index in [9.17, 15) is 0 Å². The lowest BCUT2D eigenvalue weighted by Crippen LogP contribution is -1.86. The van der Waals surface area contributed by atoms with E-state index < -0.39 is 0 Å². The predicted octanol–water partition coefficient (Wildman–Crippen LogP) is 1.66.